The van der Waals surface area contributed by atoms with Gasteiger partial charge in [-0.15, -0.1) is 0 Å². The molecule has 0 radical (unpaired) electrons. The molecule has 0 spiro atoms. The van der Waals surface area contributed by atoms with Crippen molar-refractivity contribution >= 4 is 34.1 Å². The third-order valence-electron chi connectivity index (χ3n) is 16.4. The van der Waals surface area contributed by atoms with Crippen molar-refractivity contribution in [2.24, 2.45) is 0 Å². The van der Waals surface area contributed by atoms with Crippen molar-refractivity contribution in [2.75, 3.05) is 9.80 Å². The minimum absolute atomic E-state index is 0.228. The molecule has 0 N–H and O–H groups in total. The summed E-state index contributed by atoms with van der Waals surface area (Å²) in [5, 5.41) is 0. The van der Waals surface area contributed by atoms with Gasteiger partial charge < -0.3 is 9.80 Å². The van der Waals surface area contributed by atoms with Gasteiger partial charge in [0.2, 0.25) is 0 Å². The second kappa shape index (κ2) is 14.6. The summed E-state index contributed by atoms with van der Waals surface area (Å²) in [6, 6.07) is 8.75. The Labute approximate surface area is 368 Å². The number of nitrogens with zero attached hydrogens (tertiary/aromatic N) is 2. The monoisotopic (exact) mass is 832 g/mol. The van der Waals surface area contributed by atoms with E-state index in [0.29, 0.717) is 11.1 Å². The van der Waals surface area contributed by atoms with E-state index in [1.165, 1.54) is 118 Å². The van der Waals surface area contributed by atoms with Crippen LogP contribution in [0, 0.1) is 125 Å². The standard InChI is InChI=1S/C57H63F3N2/c1-26-20-19-21-49(57(58,59)60)51(26)44-22-23-50(61-52-39(14)31(6)27(2)35(10)45(52)24-46-36(11)28(3)32(7)40(15)53(46)61)43(18)56(44)62-54-41(16)33(8)29(4)37(12)47(54)25-48-38(13)30(5)34(9)42(17)55(48)62/h19-23H,24-25H2,1-18H3. The van der Waals surface area contributed by atoms with Crippen LogP contribution in [0.4, 0.5) is 47.3 Å². The van der Waals surface area contributed by atoms with Crippen LogP contribution in [0.2, 0.25) is 0 Å². The topological polar surface area (TPSA) is 6.48 Å². The van der Waals surface area contributed by atoms with Crippen LogP contribution in [-0.2, 0) is 19.0 Å². The van der Waals surface area contributed by atoms with Gasteiger partial charge in [0.15, 0.2) is 0 Å². The first kappa shape index (κ1) is 43.4. The van der Waals surface area contributed by atoms with Crippen molar-refractivity contribution in [2.45, 2.75) is 144 Å². The fourth-order valence-electron chi connectivity index (χ4n) is 11.3. The van der Waals surface area contributed by atoms with Gasteiger partial charge in [-0.2, -0.15) is 13.2 Å². The summed E-state index contributed by atoms with van der Waals surface area (Å²) in [6.07, 6.45) is -2.98. The molecule has 2 aliphatic heterocycles. The first-order valence-electron chi connectivity index (χ1n) is 22.2. The molecule has 0 aromatic heterocycles. The molecule has 0 amide bonds. The van der Waals surface area contributed by atoms with Gasteiger partial charge in [-0.3, -0.25) is 0 Å². The van der Waals surface area contributed by atoms with Gasteiger partial charge >= 0.3 is 6.18 Å². The van der Waals surface area contributed by atoms with E-state index in [9.17, 15) is 0 Å². The molecule has 2 nitrogen and oxygen atoms in total. The minimum Gasteiger partial charge on any atom is -0.309 e. The predicted molar refractivity (Wildman–Crippen MR) is 257 cm³/mol. The third-order valence-corrected chi connectivity index (χ3v) is 16.4. The van der Waals surface area contributed by atoms with E-state index >= 15 is 13.2 Å². The first-order chi connectivity index (χ1) is 28.9. The van der Waals surface area contributed by atoms with E-state index < -0.39 is 11.7 Å². The van der Waals surface area contributed by atoms with E-state index in [1.807, 2.05) is 19.1 Å². The molecule has 62 heavy (non-hydrogen) atoms. The Morgan fingerprint density at radius 2 is 0.694 bits per heavy atom. The zero-order valence-electron chi connectivity index (χ0n) is 40.3. The lowest BCUT2D eigenvalue weighted by atomic mass is 9.79. The van der Waals surface area contributed by atoms with E-state index in [-0.39, 0.29) is 5.56 Å². The lowest BCUT2D eigenvalue weighted by Crippen LogP contribution is -2.28. The second-order valence-corrected chi connectivity index (χ2v) is 18.9. The molecular weight excluding hydrogens is 770 g/mol. The molecule has 8 rings (SSSR count). The number of aryl methyl sites for hydroxylation is 1. The Hall–Kier alpha value is -5.29. The van der Waals surface area contributed by atoms with Crippen molar-refractivity contribution in [1.29, 1.82) is 0 Å². The summed E-state index contributed by atoms with van der Waals surface area (Å²) < 4.78 is 46.4. The van der Waals surface area contributed by atoms with E-state index in [4.69, 9.17) is 0 Å². The highest BCUT2D eigenvalue weighted by Crippen LogP contribution is 2.59. The molecular formula is C57H63F3N2. The highest BCUT2D eigenvalue weighted by molar-refractivity contribution is 6.01. The highest BCUT2D eigenvalue weighted by Gasteiger charge is 2.40. The lowest BCUT2D eigenvalue weighted by molar-refractivity contribution is -0.137. The average Bonchev–Trinajstić information content (AvgIpc) is 3.23. The first-order valence-corrected chi connectivity index (χ1v) is 22.2. The van der Waals surface area contributed by atoms with Gasteiger partial charge in [0.25, 0.3) is 0 Å². The number of alkyl halides is 3. The summed E-state index contributed by atoms with van der Waals surface area (Å²) in [7, 11) is 0. The molecule has 0 saturated heterocycles. The molecule has 2 heterocycles. The number of hydrogen-bond acceptors (Lipinski definition) is 2. The van der Waals surface area contributed by atoms with Crippen molar-refractivity contribution in [3.05, 3.63) is 158 Å². The van der Waals surface area contributed by atoms with Crippen LogP contribution in [-0.4, -0.2) is 0 Å². The minimum atomic E-state index is -4.57. The number of fused-ring (bicyclic) bond motifs is 4. The molecule has 0 atom stereocenters. The largest absolute Gasteiger partial charge is 0.417 e. The highest BCUT2D eigenvalue weighted by atomic mass is 19.4. The molecule has 6 aromatic rings. The Morgan fingerprint density at radius 3 is 1.05 bits per heavy atom. The maximum Gasteiger partial charge on any atom is 0.417 e. The van der Waals surface area contributed by atoms with Crippen LogP contribution < -0.4 is 9.80 Å². The van der Waals surface area contributed by atoms with Gasteiger partial charge in [0.1, 0.15) is 0 Å². The van der Waals surface area contributed by atoms with Gasteiger partial charge in [-0.05, 0) is 265 Å². The van der Waals surface area contributed by atoms with Crippen LogP contribution in [0.1, 0.15) is 128 Å². The van der Waals surface area contributed by atoms with Gasteiger partial charge in [-0.25, -0.2) is 0 Å². The maximum atomic E-state index is 15.5. The molecule has 0 fully saturated rings. The zero-order valence-corrected chi connectivity index (χ0v) is 40.3. The summed E-state index contributed by atoms with van der Waals surface area (Å²) in [4.78, 5) is 4.92. The second-order valence-electron chi connectivity index (χ2n) is 18.9. The molecule has 322 valence electrons. The fourth-order valence-corrected chi connectivity index (χ4v) is 11.3. The van der Waals surface area contributed by atoms with Crippen LogP contribution >= 0.6 is 0 Å². The van der Waals surface area contributed by atoms with E-state index in [2.05, 4.69) is 134 Å². The normalized spacial score (nSPS) is 13.4. The smallest absolute Gasteiger partial charge is 0.309 e. The quantitative estimate of drug-likeness (QED) is 0.175. The van der Waals surface area contributed by atoms with Gasteiger partial charge in [-0.1, -0.05) is 18.2 Å². The predicted octanol–water partition coefficient (Wildman–Crippen LogP) is 16.7. The Morgan fingerprint density at radius 1 is 0.355 bits per heavy atom. The summed E-state index contributed by atoms with van der Waals surface area (Å²) in [5.41, 5.74) is 33.1. The van der Waals surface area contributed by atoms with Crippen molar-refractivity contribution in [3.8, 4) is 11.1 Å². The summed E-state index contributed by atoms with van der Waals surface area (Å²) in [6.45, 7) is 39.7. The maximum absolute atomic E-state index is 15.5. The fraction of sp³-hybridized carbons (Fsp3) is 0.368. The number of anilines is 6. The SMILES string of the molecule is Cc1cccc(C(F)(F)F)c1-c1ccc(N2c3c(C)c(C)c(C)c(C)c3Cc3c(C)c(C)c(C)c(C)c32)c(C)c1N1c2c(C)c(C)c(C)c(C)c2Cc2c(C)c(C)c(C)c(C)c21. The Balaban J connectivity index is 1.63. The lowest BCUT2D eigenvalue weighted by Gasteiger charge is -2.43. The molecule has 5 heteroatoms. The number of halogens is 3. The van der Waals surface area contributed by atoms with Crippen molar-refractivity contribution < 1.29 is 13.2 Å². The summed E-state index contributed by atoms with van der Waals surface area (Å²) in [5.74, 6) is 0. The van der Waals surface area contributed by atoms with Crippen LogP contribution in [0.5, 0.6) is 0 Å². The van der Waals surface area contributed by atoms with Gasteiger partial charge in [0.05, 0.1) is 39.7 Å². The molecule has 0 aliphatic carbocycles. The molecule has 0 bridgehead atoms. The van der Waals surface area contributed by atoms with Crippen molar-refractivity contribution in [1.82, 2.24) is 0 Å². The van der Waals surface area contributed by atoms with Crippen LogP contribution in [0.3, 0.4) is 0 Å². The van der Waals surface area contributed by atoms with E-state index in [0.717, 1.165) is 52.3 Å². The van der Waals surface area contributed by atoms with Crippen LogP contribution in [0.25, 0.3) is 11.1 Å². The number of hydrogen-bond donors (Lipinski definition) is 0. The van der Waals surface area contributed by atoms with Gasteiger partial charge in [0, 0.05) is 18.4 Å². The summed E-state index contributed by atoms with van der Waals surface area (Å²) >= 11 is 0. The molecule has 2 aliphatic rings. The molecule has 6 aromatic carbocycles. The number of rotatable bonds is 3. The Bertz CT molecular complexity index is 2840. The third kappa shape index (κ3) is 5.89. The Kier molecular flexibility index (Phi) is 10.2. The molecule has 0 saturated carbocycles. The number of benzene rings is 6. The van der Waals surface area contributed by atoms with Crippen LogP contribution in [0.15, 0.2) is 30.3 Å². The average molecular weight is 833 g/mol. The zero-order chi connectivity index (χ0) is 45.5. The van der Waals surface area contributed by atoms with Crippen molar-refractivity contribution in [3.63, 3.8) is 0 Å². The molecule has 0 unspecified atom stereocenters. The van der Waals surface area contributed by atoms with E-state index in [1.54, 1.807) is 6.07 Å².